The second kappa shape index (κ2) is 6.52. The van der Waals surface area contributed by atoms with Gasteiger partial charge in [-0.2, -0.15) is 5.10 Å². The molecule has 8 heteroatoms. The van der Waals surface area contributed by atoms with Gasteiger partial charge in [0.15, 0.2) is 5.15 Å². The third-order valence-corrected chi connectivity index (χ3v) is 3.91. The normalized spacial score (nSPS) is 13.5. The summed E-state index contributed by atoms with van der Waals surface area (Å²) in [5.74, 6) is -0.289. The highest BCUT2D eigenvalue weighted by atomic mass is 35.5. The molecule has 0 radical (unpaired) electrons. The van der Waals surface area contributed by atoms with E-state index < -0.39 is 0 Å². The van der Waals surface area contributed by atoms with E-state index in [1.54, 1.807) is 16.8 Å². The Balaban J connectivity index is 0.000000203. The number of hydrogen-bond donors (Lipinski definition) is 0. The molecule has 1 fully saturated rings. The number of rotatable bonds is 1. The van der Waals surface area contributed by atoms with Crippen molar-refractivity contribution < 1.29 is 4.39 Å². The van der Waals surface area contributed by atoms with Gasteiger partial charge in [-0.15, -0.1) is 0 Å². The molecule has 1 saturated carbocycles. The van der Waals surface area contributed by atoms with E-state index >= 15 is 0 Å². The Morgan fingerprint density at radius 2 is 2.04 bits per heavy atom. The van der Waals surface area contributed by atoms with E-state index in [4.69, 9.17) is 11.6 Å². The van der Waals surface area contributed by atoms with Gasteiger partial charge in [0.05, 0.1) is 11.6 Å². The van der Waals surface area contributed by atoms with Crippen molar-refractivity contribution in [2.24, 2.45) is 7.05 Å². The number of aromatic nitrogens is 4. The molecule has 0 unspecified atom stereocenters. The topological polar surface area (TPSA) is 69.8 Å². The van der Waals surface area contributed by atoms with Crippen LogP contribution in [0.15, 0.2) is 46.4 Å². The second-order valence-corrected chi connectivity index (χ2v) is 5.83. The molecule has 124 valence electrons. The van der Waals surface area contributed by atoms with Gasteiger partial charge in [0.1, 0.15) is 5.82 Å². The zero-order valence-electron chi connectivity index (χ0n) is 12.8. The molecule has 3 heterocycles. The second-order valence-electron chi connectivity index (χ2n) is 5.47. The molecule has 0 aliphatic heterocycles. The summed E-state index contributed by atoms with van der Waals surface area (Å²) in [5, 5.41) is 5.02. The predicted molar refractivity (Wildman–Crippen MR) is 88.7 cm³/mol. The maximum atomic E-state index is 11.8. The minimum atomic E-state index is -0.301. The summed E-state index contributed by atoms with van der Waals surface area (Å²) in [5.41, 5.74) is -0.455. The summed E-state index contributed by atoms with van der Waals surface area (Å²) >= 11 is 6.00. The Morgan fingerprint density at radius 1 is 1.29 bits per heavy atom. The monoisotopic (exact) mass is 348 g/mol. The van der Waals surface area contributed by atoms with E-state index in [0.29, 0.717) is 10.8 Å². The van der Waals surface area contributed by atoms with Gasteiger partial charge >= 0.3 is 0 Å². The number of nitrogens with zero attached hydrogens (tertiary/aromatic N) is 4. The molecule has 0 atom stereocenters. The molecule has 3 aromatic heterocycles. The van der Waals surface area contributed by atoms with E-state index in [-0.39, 0.29) is 28.1 Å². The number of pyridine rings is 2. The van der Waals surface area contributed by atoms with E-state index in [0.717, 1.165) is 17.5 Å². The molecule has 1 aliphatic carbocycles. The lowest BCUT2D eigenvalue weighted by atomic mass is 10.2. The number of halogens is 2. The van der Waals surface area contributed by atoms with Crippen LogP contribution < -0.4 is 11.1 Å². The Morgan fingerprint density at radius 3 is 2.58 bits per heavy atom. The Labute approximate surface area is 141 Å². The van der Waals surface area contributed by atoms with Gasteiger partial charge in [0.2, 0.25) is 0 Å². The molecule has 0 amide bonds. The molecule has 0 spiro atoms. The predicted octanol–water partition coefficient (Wildman–Crippen LogP) is 2.30. The largest absolute Gasteiger partial charge is 0.312 e. The maximum absolute atomic E-state index is 11.8. The lowest BCUT2D eigenvalue weighted by Gasteiger charge is -2.07. The summed E-state index contributed by atoms with van der Waals surface area (Å²) in [6, 6.07) is 4.51. The fourth-order valence-corrected chi connectivity index (χ4v) is 2.54. The molecule has 0 bridgehead atoms. The first-order chi connectivity index (χ1) is 11.5. The van der Waals surface area contributed by atoms with Gasteiger partial charge in [0, 0.05) is 36.9 Å². The van der Waals surface area contributed by atoms with Crippen molar-refractivity contribution in [2.75, 3.05) is 0 Å². The Bertz CT molecular complexity index is 997. The summed E-state index contributed by atoms with van der Waals surface area (Å²) < 4.78 is 14.6. The molecule has 0 aromatic carbocycles. The van der Waals surface area contributed by atoms with Crippen molar-refractivity contribution in [3.8, 4) is 0 Å². The third kappa shape index (κ3) is 3.35. The van der Waals surface area contributed by atoms with E-state index in [1.807, 2.05) is 0 Å². The first-order valence-corrected chi connectivity index (χ1v) is 7.69. The fraction of sp³-hybridized carbons (Fsp3) is 0.250. The molecule has 4 rings (SSSR count). The van der Waals surface area contributed by atoms with Gasteiger partial charge in [0.25, 0.3) is 11.1 Å². The van der Waals surface area contributed by atoms with Gasteiger partial charge in [-0.25, -0.2) is 9.07 Å². The van der Waals surface area contributed by atoms with Crippen LogP contribution in [0.25, 0.3) is 10.8 Å². The number of fused-ring (bicyclic) bond motifs is 1. The minimum absolute atomic E-state index is 0.153. The van der Waals surface area contributed by atoms with E-state index in [9.17, 15) is 14.0 Å². The Kier molecular flexibility index (Phi) is 4.44. The summed E-state index contributed by atoms with van der Waals surface area (Å²) in [6.07, 6.45) is 6.34. The van der Waals surface area contributed by atoms with Gasteiger partial charge in [-0.3, -0.25) is 14.6 Å². The van der Waals surface area contributed by atoms with E-state index in [2.05, 4.69) is 10.1 Å². The average molecular weight is 349 g/mol. The van der Waals surface area contributed by atoms with Crippen LogP contribution in [0, 0.1) is 5.82 Å². The maximum Gasteiger partial charge on any atom is 0.274 e. The molecule has 1 aliphatic rings. The van der Waals surface area contributed by atoms with Crippen molar-refractivity contribution in [3.05, 3.63) is 68.5 Å². The van der Waals surface area contributed by atoms with Crippen LogP contribution in [0.3, 0.4) is 0 Å². The van der Waals surface area contributed by atoms with Crippen molar-refractivity contribution in [1.29, 1.82) is 0 Å². The van der Waals surface area contributed by atoms with Crippen molar-refractivity contribution in [3.63, 3.8) is 0 Å². The van der Waals surface area contributed by atoms with Crippen LogP contribution in [0.4, 0.5) is 4.39 Å². The molecule has 0 saturated heterocycles. The highest BCUT2D eigenvalue weighted by molar-refractivity contribution is 6.34. The summed E-state index contributed by atoms with van der Waals surface area (Å²) in [4.78, 5) is 27.2. The van der Waals surface area contributed by atoms with Gasteiger partial charge < -0.3 is 4.57 Å². The molecule has 3 aromatic rings. The number of hydrogen-bond acceptors (Lipinski definition) is 4. The Hall–Kier alpha value is -2.54. The minimum Gasteiger partial charge on any atom is -0.312 e. The van der Waals surface area contributed by atoms with Crippen LogP contribution in [0.2, 0.25) is 5.15 Å². The highest BCUT2D eigenvalue weighted by Gasteiger charge is 2.25. The first kappa shape index (κ1) is 16.3. The van der Waals surface area contributed by atoms with Crippen LogP contribution in [0.1, 0.15) is 18.9 Å². The SMILES string of the molecule is Cn1nc(Cl)c2cn(C3CC3)c(=O)cc2c1=O.Fc1cccnc1. The standard InChI is InChI=1S/C11H10ClN3O2.C5H4FN/c1-14-11(17)7-4-9(16)15(6-2-3-6)5-8(7)10(12)13-14;6-5-2-1-3-7-4-5/h4-6H,2-3H2,1H3;1-4H. The highest BCUT2D eigenvalue weighted by Crippen LogP contribution is 2.34. The summed E-state index contributed by atoms with van der Waals surface area (Å²) in [7, 11) is 1.51. The lowest BCUT2D eigenvalue weighted by Crippen LogP contribution is -2.24. The number of aryl methyl sites for hydroxylation is 1. The fourth-order valence-electron chi connectivity index (χ4n) is 2.27. The smallest absolute Gasteiger partial charge is 0.274 e. The van der Waals surface area contributed by atoms with Crippen LogP contribution in [-0.4, -0.2) is 19.3 Å². The third-order valence-electron chi connectivity index (χ3n) is 3.63. The quantitative estimate of drug-likeness (QED) is 0.676. The van der Waals surface area contributed by atoms with Crippen LogP contribution in [0.5, 0.6) is 0 Å². The average Bonchev–Trinajstić information content (AvgIpc) is 3.38. The van der Waals surface area contributed by atoms with Crippen molar-refractivity contribution in [1.82, 2.24) is 19.3 Å². The van der Waals surface area contributed by atoms with Gasteiger partial charge in [-0.05, 0) is 25.0 Å². The zero-order chi connectivity index (χ0) is 17.3. The van der Waals surface area contributed by atoms with Crippen molar-refractivity contribution >= 4 is 22.4 Å². The van der Waals surface area contributed by atoms with Gasteiger partial charge in [-0.1, -0.05) is 11.6 Å². The molecule has 6 nitrogen and oxygen atoms in total. The first-order valence-electron chi connectivity index (χ1n) is 7.31. The van der Waals surface area contributed by atoms with Crippen LogP contribution >= 0.6 is 11.6 Å². The molecular weight excluding hydrogens is 335 g/mol. The van der Waals surface area contributed by atoms with E-state index in [1.165, 1.54) is 31.6 Å². The molecular formula is C16H14ClFN4O2. The van der Waals surface area contributed by atoms with Crippen LogP contribution in [-0.2, 0) is 7.05 Å². The zero-order valence-corrected chi connectivity index (χ0v) is 13.6. The molecule has 0 N–H and O–H groups in total. The van der Waals surface area contributed by atoms with Crippen molar-refractivity contribution in [2.45, 2.75) is 18.9 Å². The summed E-state index contributed by atoms with van der Waals surface area (Å²) in [6.45, 7) is 0. The lowest BCUT2D eigenvalue weighted by molar-refractivity contribution is 0.621. The molecule has 24 heavy (non-hydrogen) atoms.